The standard InChI is InChI=1S/C25H26FN3O3/c1-25(2)19(16-5-8-22(27-12-16)29-9-3-4-15(13-29)14-30)11-21(32-25)23-18-7-6-17(26)10-20(18)28-24(23)31/h5-8,10-12,15,30H,3-4,9,13-14H2,1-2H3,(H,28,31). The number of hydrogen-bond acceptors (Lipinski definition) is 5. The summed E-state index contributed by atoms with van der Waals surface area (Å²) in [6.07, 6.45) is 5.81. The second-order valence-corrected chi connectivity index (χ2v) is 9.10. The Bertz CT molecular complexity index is 1140. The van der Waals surface area contributed by atoms with Crippen LogP contribution in [0.2, 0.25) is 0 Å². The molecule has 2 aromatic rings. The van der Waals surface area contributed by atoms with Crippen molar-refractivity contribution in [2.45, 2.75) is 32.3 Å². The van der Waals surface area contributed by atoms with Crippen LogP contribution < -0.4 is 10.2 Å². The molecule has 1 amide bonds. The molecule has 0 bridgehead atoms. The van der Waals surface area contributed by atoms with Crippen molar-refractivity contribution in [3.63, 3.8) is 0 Å². The van der Waals surface area contributed by atoms with Crippen molar-refractivity contribution in [3.8, 4) is 0 Å². The molecule has 166 valence electrons. The molecule has 1 fully saturated rings. The summed E-state index contributed by atoms with van der Waals surface area (Å²) in [5.41, 5.74) is 2.70. The van der Waals surface area contributed by atoms with Gasteiger partial charge in [-0.15, -0.1) is 0 Å². The molecule has 0 spiro atoms. The largest absolute Gasteiger partial charge is 0.482 e. The first-order chi connectivity index (χ1) is 15.4. The number of anilines is 2. The van der Waals surface area contributed by atoms with Gasteiger partial charge in [-0.3, -0.25) is 4.79 Å². The van der Waals surface area contributed by atoms with Gasteiger partial charge in [0.15, 0.2) is 0 Å². The Labute approximate surface area is 186 Å². The Kier molecular flexibility index (Phi) is 5.01. The molecule has 2 N–H and O–H groups in total. The average molecular weight is 435 g/mol. The normalized spacial score (nSPS) is 24.1. The smallest absolute Gasteiger partial charge is 0.260 e. The van der Waals surface area contributed by atoms with E-state index in [2.05, 4.69) is 15.2 Å². The van der Waals surface area contributed by atoms with E-state index in [9.17, 15) is 14.3 Å². The second kappa shape index (κ2) is 7.74. The van der Waals surface area contributed by atoms with E-state index in [1.165, 1.54) is 12.1 Å². The summed E-state index contributed by atoms with van der Waals surface area (Å²) in [6.45, 7) is 5.86. The van der Waals surface area contributed by atoms with Crippen LogP contribution in [0.15, 0.2) is 48.4 Å². The quantitative estimate of drug-likeness (QED) is 0.714. The summed E-state index contributed by atoms with van der Waals surface area (Å²) in [5.74, 6) is 0.959. The molecule has 4 heterocycles. The monoisotopic (exact) mass is 435 g/mol. The number of pyridine rings is 1. The molecule has 0 radical (unpaired) electrons. The molecule has 6 nitrogen and oxygen atoms in total. The second-order valence-electron chi connectivity index (χ2n) is 9.10. The predicted octanol–water partition coefficient (Wildman–Crippen LogP) is 3.99. The maximum atomic E-state index is 13.6. The van der Waals surface area contributed by atoms with Crippen molar-refractivity contribution in [3.05, 3.63) is 65.3 Å². The lowest BCUT2D eigenvalue weighted by atomic mass is 9.93. The van der Waals surface area contributed by atoms with Crippen molar-refractivity contribution in [1.29, 1.82) is 0 Å². The molecule has 0 aliphatic carbocycles. The first kappa shape index (κ1) is 20.7. The lowest BCUT2D eigenvalue weighted by molar-refractivity contribution is -0.111. The molecule has 7 heteroatoms. The zero-order chi connectivity index (χ0) is 22.5. The number of piperidine rings is 1. The van der Waals surface area contributed by atoms with Gasteiger partial charge in [0.2, 0.25) is 0 Å². The number of halogens is 1. The van der Waals surface area contributed by atoms with Crippen molar-refractivity contribution in [1.82, 2.24) is 4.98 Å². The number of ether oxygens (including phenoxy) is 1. The summed E-state index contributed by atoms with van der Waals surface area (Å²) >= 11 is 0. The van der Waals surface area contributed by atoms with Gasteiger partial charge in [0.05, 0.1) is 11.3 Å². The van der Waals surface area contributed by atoms with Gasteiger partial charge in [0, 0.05) is 42.6 Å². The van der Waals surface area contributed by atoms with Crippen LogP contribution in [0.1, 0.15) is 37.8 Å². The fourth-order valence-corrected chi connectivity index (χ4v) is 4.76. The number of nitrogens with zero attached hydrogens (tertiary/aromatic N) is 2. The third-order valence-electron chi connectivity index (χ3n) is 6.42. The number of benzene rings is 1. The number of nitrogens with one attached hydrogen (secondary N) is 1. The van der Waals surface area contributed by atoms with Crippen molar-refractivity contribution < 1.29 is 19.0 Å². The number of aliphatic hydroxyl groups is 1. The number of hydrogen-bond donors (Lipinski definition) is 2. The van der Waals surface area contributed by atoms with E-state index in [0.29, 0.717) is 22.6 Å². The van der Waals surface area contributed by atoms with Crippen LogP contribution in [0, 0.1) is 11.7 Å². The van der Waals surface area contributed by atoms with Gasteiger partial charge in [0.25, 0.3) is 5.91 Å². The Morgan fingerprint density at radius 1 is 1.31 bits per heavy atom. The van der Waals surface area contributed by atoms with Crippen LogP contribution >= 0.6 is 0 Å². The van der Waals surface area contributed by atoms with E-state index in [1.54, 1.807) is 6.07 Å². The molecule has 0 saturated carbocycles. The summed E-state index contributed by atoms with van der Waals surface area (Å²) in [5, 5.41) is 12.2. The number of carbonyl (C=O) groups is 1. The van der Waals surface area contributed by atoms with E-state index in [1.807, 2.05) is 38.3 Å². The number of rotatable bonds is 3. The van der Waals surface area contributed by atoms with Gasteiger partial charge >= 0.3 is 0 Å². The number of aliphatic hydroxyl groups excluding tert-OH is 1. The topological polar surface area (TPSA) is 74.7 Å². The molecular formula is C25H26FN3O3. The first-order valence-corrected chi connectivity index (χ1v) is 10.9. The number of fused-ring (bicyclic) bond motifs is 1. The van der Waals surface area contributed by atoms with Crippen LogP contribution in [0.25, 0.3) is 11.1 Å². The summed E-state index contributed by atoms with van der Waals surface area (Å²) < 4.78 is 19.8. The minimum atomic E-state index is -0.651. The molecule has 1 atom stereocenters. The van der Waals surface area contributed by atoms with Gasteiger partial charge in [-0.25, -0.2) is 9.37 Å². The molecule has 3 aliphatic heterocycles. The molecular weight excluding hydrogens is 409 g/mol. The zero-order valence-corrected chi connectivity index (χ0v) is 18.2. The van der Waals surface area contributed by atoms with E-state index >= 15 is 0 Å². The van der Waals surface area contributed by atoms with Crippen LogP contribution in [0.5, 0.6) is 0 Å². The highest BCUT2D eigenvalue weighted by Crippen LogP contribution is 2.44. The van der Waals surface area contributed by atoms with Crippen molar-refractivity contribution >= 4 is 28.6 Å². The Morgan fingerprint density at radius 2 is 2.16 bits per heavy atom. The first-order valence-electron chi connectivity index (χ1n) is 10.9. The summed E-state index contributed by atoms with van der Waals surface area (Å²) in [4.78, 5) is 19.5. The van der Waals surface area contributed by atoms with Crippen LogP contribution in [-0.2, 0) is 9.53 Å². The molecule has 1 unspecified atom stereocenters. The number of carbonyl (C=O) groups excluding carboxylic acids is 1. The number of aromatic nitrogens is 1. The van der Waals surface area contributed by atoms with Gasteiger partial charge in [-0.05, 0) is 69.0 Å². The fraction of sp³-hybridized carbons (Fsp3) is 0.360. The number of allylic oxidation sites excluding steroid dienone is 1. The zero-order valence-electron chi connectivity index (χ0n) is 18.2. The molecule has 3 aliphatic rings. The van der Waals surface area contributed by atoms with E-state index in [0.717, 1.165) is 42.9 Å². The van der Waals surface area contributed by atoms with Gasteiger partial charge < -0.3 is 20.1 Å². The minimum absolute atomic E-state index is 0.202. The van der Waals surface area contributed by atoms with Crippen LogP contribution in [-0.4, -0.2) is 41.3 Å². The Hall–Kier alpha value is -3.19. The molecule has 5 rings (SSSR count). The van der Waals surface area contributed by atoms with E-state index in [-0.39, 0.29) is 18.4 Å². The van der Waals surface area contributed by atoms with Gasteiger partial charge in [-0.2, -0.15) is 0 Å². The van der Waals surface area contributed by atoms with Crippen LogP contribution in [0.3, 0.4) is 0 Å². The highest BCUT2D eigenvalue weighted by molar-refractivity contribution is 6.32. The Morgan fingerprint density at radius 3 is 2.91 bits per heavy atom. The molecule has 1 saturated heterocycles. The Balaban J connectivity index is 1.47. The van der Waals surface area contributed by atoms with Crippen molar-refractivity contribution in [2.75, 3.05) is 29.9 Å². The SMILES string of the molecule is CC1(C)OC(=C2C(=O)Nc3cc(F)ccc32)C=C1c1ccc(N2CCCC(CO)C2)nc1. The maximum Gasteiger partial charge on any atom is 0.260 e. The van der Waals surface area contributed by atoms with E-state index in [4.69, 9.17) is 4.74 Å². The lowest BCUT2D eigenvalue weighted by Gasteiger charge is -2.32. The lowest BCUT2D eigenvalue weighted by Crippen LogP contribution is -2.37. The average Bonchev–Trinajstić information content (AvgIpc) is 3.27. The highest BCUT2D eigenvalue weighted by atomic mass is 19.1. The van der Waals surface area contributed by atoms with Gasteiger partial charge in [0.1, 0.15) is 23.0 Å². The summed E-state index contributed by atoms with van der Waals surface area (Å²) in [7, 11) is 0. The summed E-state index contributed by atoms with van der Waals surface area (Å²) in [6, 6.07) is 8.28. The molecule has 1 aromatic carbocycles. The van der Waals surface area contributed by atoms with E-state index < -0.39 is 11.4 Å². The molecule has 1 aromatic heterocycles. The maximum absolute atomic E-state index is 13.6. The van der Waals surface area contributed by atoms with Gasteiger partial charge in [-0.1, -0.05) is 0 Å². The van der Waals surface area contributed by atoms with Crippen molar-refractivity contribution in [2.24, 2.45) is 5.92 Å². The predicted molar refractivity (Wildman–Crippen MR) is 121 cm³/mol. The fourth-order valence-electron chi connectivity index (χ4n) is 4.76. The minimum Gasteiger partial charge on any atom is -0.482 e. The van der Waals surface area contributed by atoms with Crippen LogP contribution in [0.4, 0.5) is 15.9 Å². The number of amides is 1. The third kappa shape index (κ3) is 3.56. The molecule has 32 heavy (non-hydrogen) atoms. The highest BCUT2D eigenvalue weighted by Gasteiger charge is 2.38. The third-order valence-corrected chi connectivity index (χ3v) is 6.42.